The van der Waals surface area contributed by atoms with Gasteiger partial charge in [0, 0.05) is 6.42 Å². The number of unbranched alkanes of at least 4 members (excludes halogenated alkanes) is 21. The molecule has 0 spiro atoms. The van der Waals surface area contributed by atoms with E-state index in [1.165, 1.54) is 103 Å². The zero-order valence-electron chi connectivity index (χ0n) is 45.3. The monoisotopic (exact) mass is 1080 g/mol. The van der Waals surface area contributed by atoms with E-state index >= 15 is 0 Å². The van der Waals surface area contributed by atoms with E-state index in [0.717, 1.165) is 44.9 Å². The molecule has 17 atom stereocenters. The second-order valence-corrected chi connectivity index (χ2v) is 20.7. The molecule has 19 nitrogen and oxygen atoms in total. The van der Waals surface area contributed by atoms with Gasteiger partial charge in [-0.25, -0.2) is 0 Å². The van der Waals surface area contributed by atoms with E-state index in [1.807, 2.05) is 6.08 Å². The molecule has 0 aromatic carbocycles. The summed E-state index contributed by atoms with van der Waals surface area (Å²) in [6, 6.07) is -0.991. The van der Waals surface area contributed by atoms with Gasteiger partial charge in [-0.15, -0.1) is 0 Å². The van der Waals surface area contributed by atoms with Crippen LogP contribution in [-0.2, 0) is 33.2 Å². The lowest BCUT2D eigenvalue weighted by Crippen LogP contribution is -2.66. The third kappa shape index (κ3) is 24.9. The van der Waals surface area contributed by atoms with Crippen molar-refractivity contribution in [3.63, 3.8) is 0 Å². The highest BCUT2D eigenvalue weighted by Gasteiger charge is 2.53. The van der Waals surface area contributed by atoms with E-state index in [9.17, 15) is 61.0 Å². The van der Waals surface area contributed by atoms with Gasteiger partial charge in [0.05, 0.1) is 38.6 Å². The molecule has 3 aliphatic heterocycles. The normalized spacial score (nSPS) is 31.5. The second-order valence-electron chi connectivity index (χ2n) is 20.7. The van der Waals surface area contributed by atoms with Gasteiger partial charge in [-0.2, -0.15) is 0 Å². The molecule has 3 fully saturated rings. The Balaban J connectivity index is 1.55. The van der Waals surface area contributed by atoms with Gasteiger partial charge < -0.3 is 89.9 Å². The fourth-order valence-electron chi connectivity index (χ4n) is 9.63. The SMILES string of the molecule is CCCCCCCC/C=C/CC/C=C/CC/C=C/C(O)C(COC1OC(CO)C(OC2OC(CO)C(OC3OC(CO)C(O)C(O)C3O)C(O)C2O)C(O)C1O)NC(=O)CCCCCCCCCCCCCCCC. The van der Waals surface area contributed by atoms with Crippen molar-refractivity contribution < 1.29 is 89.4 Å². The minimum absolute atomic E-state index is 0.235. The molecular formula is C56H101NO18. The molecule has 12 N–H and O–H groups in total. The first kappa shape index (κ1) is 67.3. The van der Waals surface area contributed by atoms with E-state index in [-0.39, 0.29) is 18.9 Å². The van der Waals surface area contributed by atoms with E-state index in [4.69, 9.17) is 28.4 Å². The van der Waals surface area contributed by atoms with Crippen molar-refractivity contribution in [2.75, 3.05) is 26.4 Å². The molecule has 0 aliphatic carbocycles. The summed E-state index contributed by atoms with van der Waals surface area (Å²) in [7, 11) is 0. The van der Waals surface area contributed by atoms with Crippen LogP contribution in [-0.4, -0.2) is 193 Å². The average molecular weight is 1080 g/mol. The van der Waals surface area contributed by atoms with Crippen molar-refractivity contribution >= 4 is 5.91 Å². The largest absolute Gasteiger partial charge is 0.394 e. The molecular weight excluding hydrogens is 975 g/mol. The van der Waals surface area contributed by atoms with Crippen LogP contribution in [0.25, 0.3) is 0 Å². The molecule has 19 heteroatoms. The fourth-order valence-corrected chi connectivity index (χ4v) is 9.63. The Kier molecular flexibility index (Phi) is 36.1. The van der Waals surface area contributed by atoms with E-state index in [0.29, 0.717) is 12.8 Å². The van der Waals surface area contributed by atoms with Crippen LogP contribution in [0.4, 0.5) is 0 Å². The number of amides is 1. The van der Waals surface area contributed by atoms with Crippen LogP contribution in [0.1, 0.15) is 181 Å². The molecule has 0 saturated carbocycles. The summed E-state index contributed by atoms with van der Waals surface area (Å²) in [5.41, 5.74) is 0. The molecule has 75 heavy (non-hydrogen) atoms. The molecule has 0 aromatic heterocycles. The Morgan fingerprint density at radius 1 is 0.467 bits per heavy atom. The van der Waals surface area contributed by atoms with Crippen molar-refractivity contribution in [3.8, 4) is 0 Å². The molecule has 1 amide bonds. The highest BCUT2D eigenvalue weighted by molar-refractivity contribution is 5.76. The Labute approximate surface area is 447 Å². The zero-order chi connectivity index (χ0) is 54.8. The highest BCUT2D eigenvalue weighted by atomic mass is 16.8. The number of aliphatic hydroxyl groups is 11. The lowest BCUT2D eigenvalue weighted by atomic mass is 9.96. The Bertz CT molecular complexity index is 1520. The van der Waals surface area contributed by atoms with Crippen LogP contribution < -0.4 is 5.32 Å². The number of hydrogen-bond acceptors (Lipinski definition) is 18. The Morgan fingerprint density at radius 2 is 0.853 bits per heavy atom. The summed E-state index contributed by atoms with van der Waals surface area (Å²) in [4.78, 5) is 13.3. The number of aliphatic hydroxyl groups excluding tert-OH is 11. The number of allylic oxidation sites excluding steroid dienone is 5. The maximum Gasteiger partial charge on any atom is 0.220 e. The molecule has 3 heterocycles. The topological polar surface area (TPSA) is 307 Å². The number of hydrogen-bond donors (Lipinski definition) is 12. The maximum absolute atomic E-state index is 13.3. The van der Waals surface area contributed by atoms with Crippen molar-refractivity contribution in [1.29, 1.82) is 0 Å². The Hall–Kier alpha value is -1.99. The van der Waals surface area contributed by atoms with Gasteiger partial charge in [0.25, 0.3) is 0 Å². The summed E-state index contributed by atoms with van der Waals surface area (Å²) >= 11 is 0. The van der Waals surface area contributed by atoms with Gasteiger partial charge in [-0.05, 0) is 44.9 Å². The van der Waals surface area contributed by atoms with E-state index < -0.39 is 124 Å². The number of rotatable bonds is 41. The van der Waals surface area contributed by atoms with Gasteiger partial charge >= 0.3 is 0 Å². The molecule has 17 unspecified atom stereocenters. The molecule has 438 valence electrons. The summed E-state index contributed by atoms with van der Waals surface area (Å²) in [6.45, 7) is 1.67. The number of carbonyl (C=O) groups is 1. The second kappa shape index (κ2) is 40.2. The van der Waals surface area contributed by atoms with Crippen LogP contribution in [0.2, 0.25) is 0 Å². The van der Waals surface area contributed by atoms with Gasteiger partial charge in [0.1, 0.15) is 73.2 Å². The van der Waals surface area contributed by atoms with Crippen LogP contribution >= 0.6 is 0 Å². The number of ether oxygens (including phenoxy) is 6. The highest BCUT2D eigenvalue weighted by Crippen LogP contribution is 2.33. The van der Waals surface area contributed by atoms with Gasteiger partial charge in [0.15, 0.2) is 18.9 Å². The third-order valence-corrected chi connectivity index (χ3v) is 14.4. The van der Waals surface area contributed by atoms with Gasteiger partial charge in [-0.3, -0.25) is 4.79 Å². The third-order valence-electron chi connectivity index (χ3n) is 14.4. The molecule has 0 aromatic rings. The summed E-state index contributed by atoms with van der Waals surface area (Å²) in [6.07, 6.45) is 14.2. The first-order valence-electron chi connectivity index (χ1n) is 28.7. The van der Waals surface area contributed by atoms with Crippen LogP contribution in [0.15, 0.2) is 36.5 Å². The number of carbonyl (C=O) groups excluding carboxylic acids is 1. The molecule has 3 saturated heterocycles. The van der Waals surface area contributed by atoms with Crippen molar-refractivity contribution in [1.82, 2.24) is 5.32 Å². The van der Waals surface area contributed by atoms with Crippen molar-refractivity contribution in [2.24, 2.45) is 0 Å². The average Bonchev–Trinajstić information content (AvgIpc) is 3.41. The van der Waals surface area contributed by atoms with Crippen molar-refractivity contribution in [3.05, 3.63) is 36.5 Å². The zero-order valence-corrected chi connectivity index (χ0v) is 45.3. The predicted octanol–water partition coefficient (Wildman–Crippen LogP) is 4.15. The Morgan fingerprint density at radius 3 is 1.33 bits per heavy atom. The van der Waals surface area contributed by atoms with Crippen molar-refractivity contribution in [2.45, 2.75) is 285 Å². The molecule has 3 rings (SSSR count). The molecule has 0 bridgehead atoms. The lowest BCUT2D eigenvalue weighted by Gasteiger charge is -2.48. The van der Waals surface area contributed by atoms with Crippen LogP contribution in [0.5, 0.6) is 0 Å². The maximum atomic E-state index is 13.3. The standard InChI is InChI=1S/C56H101NO18/c1-3-5-7-9-11-13-15-17-19-20-21-23-25-27-29-31-33-40(61)39(57-44(62)34-32-30-28-26-24-22-18-16-14-12-10-8-6-4-2)38-70-54-50(68)47(65)52(42(36-59)72-54)75-56-51(69)48(66)53(43(37-60)73-56)74-55-49(67)46(64)45(63)41(35-58)71-55/h17,19,23,25,31,33,39-43,45-56,58-61,63-69H,3-16,18,20-22,24,26-30,32,34-38H2,1-2H3,(H,57,62)/b19-17+,25-23+,33-31+. The number of nitrogens with one attached hydrogen (secondary N) is 1. The smallest absolute Gasteiger partial charge is 0.220 e. The summed E-state index contributed by atoms with van der Waals surface area (Å²) < 4.78 is 34.2. The predicted molar refractivity (Wildman–Crippen MR) is 282 cm³/mol. The summed E-state index contributed by atoms with van der Waals surface area (Å²) in [5, 5.41) is 120. The quantitative estimate of drug-likeness (QED) is 0.0302. The first-order chi connectivity index (χ1) is 36.3. The lowest BCUT2D eigenvalue weighted by molar-refractivity contribution is -0.379. The minimum Gasteiger partial charge on any atom is -0.394 e. The fraction of sp³-hybridized carbons (Fsp3) is 0.875. The van der Waals surface area contributed by atoms with E-state index in [1.54, 1.807) is 6.08 Å². The van der Waals surface area contributed by atoms with Gasteiger partial charge in [-0.1, -0.05) is 166 Å². The van der Waals surface area contributed by atoms with Gasteiger partial charge in [0.2, 0.25) is 5.91 Å². The molecule has 0 radical (unpaired) electrons. The van der Waals surface area contributed by atoms with Crippen LogP contribution in [0.3, 0.4) is 0 Å². The van der Waals surface area contributed by atoms with E-state index in [2.05, 4.69) is 43.5 Å². The first-order valence-corrected chi connectivity index (χ1v) is 28.7. The molecule has 3 aliphatic rings. The minimum atomic E-state index is -1.98. The summed E-state index contributed by atoms with van der Waals surface area (Å²) in [5.74, 6) is -0.291. The van der Waals surface area contributed by atoms with Crippen LogP contribution in [0, 0.1) is 0 Å².